The van der Waals surface area contributed by atoms with Crippen molar-refractivity contribution in [2.45, 2.75) is 101 Å². The largest absolute Gasteiger partial charge is 0.395 e. The van der Waals surface area contributed by atoms with Gasteiger partial charge in [-0.25, -0.2) is 0 Å². The Morgan fingerprint density at radius 1 is 0.818 bits per heavy atom. The third-order valence-electron chi connectivity index (χ3n) is 5.88. The number of hydrogen-bond donors (Lipinski definition) is 9. The molecule has 11 nitrogen and oxygen atoms in total. The van der Waals surface area contributed by atoms with Crippen LogP contribution in [-0.4, -0.2) is 134 Å². The molecule has 198 valence electrons. The van der Waals surface area contributed by atoms with Gasteiger partial charge in [0.05, 0.1) is 43.6 Å². The highest BCUT2D eigenvalue weighted by atomic mass is 16.4. The Bertz CT molecular complexity index is 487. The van der Waals surface area contributed by atoms with E-state index in [0.717, 1.165) is 51.4 Å². The van der Waals surface area contributed by atoms with E-state index in [1.54, 1.807) is 0 Å². The van der Waals surface area contributed by atoms with Crippen LogP contribution in [0.2, 0.25) is 0 Å². The van der Waals surface area contributed by atoms with E-state index in [-0.39, 0.29) is 19.8 Å². The molecule has 2 aliphatic heterocycles. The molecule has 2 heterocycles. The number of aldehydes is 1. The second kappa shape index (κ2) is 18.6. The molecular formula is C22H46N2O9. The van der Waals surface area contributed by atoms with E-state index in [1.807, 2.05) is 4.90 Å². The van der Waals surface area contributed by atoms with E-state index in [4.69, 9.17) is 15.3 Å². The molecule has 0 saturated carbocycles. The van der Waals surface area contributed by atoms with E-state index in [9.17, 15) is 30.3 Å². The fraction of sp³-hybridized carbons (Fsp3) is 0.955. The highest BCUT2D eigenvalue weighted by Gasteiger charge is 2.40. The number of β-amino-alcohol motifs (C(OH)–C–C–N with tert-alkyl or cyclic N) is 2. The minimum atomic E-state index is -1.16. The van der Waals surface area contributed by atoms with Crippen molar-refractivity contribution in [1.29, 1.82) is 0 Å². The molecule has 0 spiro atoms. The van der Waals surface area contributed by atoms with E-state index >= 15 is 0 Å². The summed E-state index contributed by atoms with van der Waals surface area (Å²) in [6, 6.07) is -0.997. The first-order chi connectivity index (χ1) is 15.7. The third kappa shape index (κ3) is 11.5. The molecule has 2 fully saturated rings. The minimum absolute atomic E-state index is 0.197. The Morgan fingerprint density at radius 3 is 1.91 bits per heavy atom. The van der Waals surface area contributed by atoms with E-state index < -0.39 is 48.7 Å². The van der Waals surface area contributed by atoms with Crippen LogP contribution < -0.4 is 5.32 Å². The maximum absolute atomic E-state index is 9.72. The Labute approximate surface area is 196 Å². The minimum Gasteiger partial charge on any atom is -0.395 e. The van der Waals surface area contributed by atoms with Crippen molar-refractivity contribution in [3.63, 3.8) is 0 Å². The zero-order valence-electron chi connectivity index (χ0n) is 19.9. The summed E-state index contributed by atoms with van der Waals surface area (Å²) in [6.45, 7) is 4.98. The second-order valence-corrected chi connectivity index (χ2v) is 8.56. The maximum atomic E-state index is 9.72. The lowest BCUT2D eigenvalue weighted by Gasteiger charge is -2.43. The van der Waals surface area contributed by atoms with Gasteiger partial charge in [0.15, 0.2) is 0 Å². The van der Waals surface area contributed by atoms with Gasteiger partial charge >= 0.3 is 0 Å². The molecule has 0 aromatic rings. The lowest BCUT2D eigenvalue weighted by Crippen LogP contribution is -2.62. The number of carbonyl (C=O) groups excluding carboxylic acids is 1. The smallest absolute Gasteiger partial charge is 0.119 e. The molecule has 33 heavy (non-hydrogen) atoms. The summed E-state index contributed by atoms with van der Waals surface area (Å²) < 4.78 is 0. The molecule has 0 aliphatic carbocycles. The van der Waals surface area contributed by atoms with Crippen molar-refractivity contribution in [3.8, 4) is 0 Å². The summed E-state index contributed by atoms with van der Waals surface area (Å²) in [7, 11) is 0. The monoisotopic (exact) mass is 482 g/mol. The quantitative estimate of drug-likeness (QED) is 0.123. The van der Waals surface area contributed by atoms with Crippen LogP contribution in [0.3, 0.4) is 0 Å². The van der Waals surface area contributed by atoms with Crippen molar-refractivity contribution >= 4 is 6.29 Å². The van der Waals surface area contributed by atoms with Crippen LogP contribution in [0.5, 0.6) is 0 Å². The highest BCUT2D eigenvalue weighted by Crippen LogP contribution is 2.19. The number of nitrogens with one attached hydrogen (secondary N) is 1. The van der Waals surface area contributed by atoms with Crippen LogP contribution in [0, 0.1) is 0 Å². The van der Waals surface area contributed by atoms with Gasteiger partial charge in [0.2, 0.25) is 0 Å². The van der Waals surface area contributed by atoms with Crippen LogP contribution in [0.4, 0.5) is 0 Å². The Balaban J connectivity index is 0.000000520. The number of piperidine rings is 2. The van der Waals surface area contributed by atoms with Crippen molar-refractivity contribution < 1.29 is 45.6 Å². The predicted octanol–water partition coefficient (Wildman–Crippen LogP) is -2.66. The third-order valence-corrected chi connectivity index (χ3v) is 5.88. The summed E-state index contributed by atoms with van der Waals surface area (Å²) in [4.78, 5) is 11.4. The molecule has 0 bridgehead atoms. The van der Waals surface area contributed by atoms with Crippen LogP contribution in [-0.2, 0) is 4.79 Å². The zero-order chi connectivity index (χ0) is 25.4. The number of nitrogens with zero attached hydrogens (tertiary/aromatic N) is 1. The first-order valence-corrected chi connectivity index (χ1v) is 11.9. The van der Waals surface area contributed by atoms with Gasteiger partial charge in [-0.3, -0.25) is 4.90 Å². The van der Waals surface area contributed by atoms with Gasteiger partial charge in [0, 0.05) is 19.5 Å². The SMILES string of the molecule is CCCCC=O.CCCCCN1C[C@H](O)[C@@H](O)[C@H](O)[C@H]1CO.OC[C@H]1NC[C@H](O)[C@@H](O)[C@@H]1O. The average Bonchev–Trinajstić information content (AvgIpc) is 2.81. The number of hydrogen-bond acceptors (Lipinski definition) is 11. The predicted molar refractivity (Wildman–Crippen MR) is 122 cm³/mol. The summed E-state index contributed by atoms with van der Waals surface area (Å²) in [5, 5.41) is 76.6. The van der Waals surface area contributed by atoms with Crippen molar-refractivity contribution in [2.75, 3.05) is 32.8 Å². The second-order valence-electron chi connectivity index (χ2n) is 8.56. The first-order valence-electron chi connectivity index (χ1n) is 11.9. The van der Waals surface area contributed by atoms with E-state index in [1.165, 1.54) is 0 Å². The van der Waals surface area contributed by atoms with Crippen LogP contribution in [0.1, 0.15) is 52.4 Å². The van der Waals surface area contributed by atoms with Crippen molar-refractivity contribution in [2.24, 2.45) is 0 Å². The lowest BCUT2D eigenvalue weighted by atomic mass is 9.94. The summed E-state index contributed by atoms with van der Waals surface area (Å²) in [6.07, 6.45) is 0.666. The Hall–Kier alpha value is -0.730. The van der Waals surface area contributed by atoms with Crippen molar-refractivity contribution in [1.82, 2.24) is 10.2 Å². The average molecular weight is 483 g/mol. The topological polar surface area (TPSA) is 194 Å². The van der Waals surface area contributed by atoms with Gasteiger partial charge in [0.1, 0.15) is 24.6 Å². The Kier molecular flexibility index (Phi) is 18.2. The maximum Gasteiger partial charge on any atom is 0.119 e. The normalized spacial score (nSPS) is 34.5. The van der Waals surface area contributed by atoms with Gasteiger partial charge < -0.3 is 51.0 Å². The molecule has 0 radical (unpaired) electrons. The number of carbonyl (C=O) groups is 1. The van der Waals surface area contributed by atoms with Gasteiger partial charge in [0.25, 0.3) is 0 Å². The first kappa shape index (κ1) is 32.3. The number of rotatable bonds is 9. The molecule has 0 unspecified atom stereocenters. The van der Waals surface area contributed by atoms with Crippen molar-refractivity contribution in [3.05, 3.63) is 0 Å². The molecule has 2 rings (SSSR count). The van der Waals surface area contributed by atoms with Crippen LogP contribution in [0.25, 0.3) is 0 Å². The molecule has 9 N–H and O–H groups in total. The number of aliphatic hydroxyl groups excluding tert-OH is 8. The van der Waals surface area contributed by atoms with Crippen LogP contribution >= 0.6 is 0 Å². The molecule has 8 atom stereocenters. The Morgan fingerprint density at radius 2 is 1.42 bits per heavy atom. The molecule has 2 saturated heterocycles. The van der Waals surface area contributed by atoms with Gasteiger partial charge in [-0.05, 0) is 19.4 Å². The molecule has 0 amide bonds. The summed E-state index contributed by atoms with van der Waals surface area (Å²) in [5.41, 5.74) is 0. The molecule has 2 aliphatic rings. The van der Waals surface area contributed by atoms with Gasteiger partial charge in [-0.1, -0.05) is 33.1 Å². The van der Waals surface area contributed by atoms with Gasteiger partial charge in [-0.15, -0.1) is 0 Å². The van der Waals surface area contributed by atoms with E-state index in [0.29, 0.717) is 6.54 Å². The summed E-state index contributed by atoms with van der Waals surface area (Å²) >= 11 is 0. The molecule has 0 aromatic carbocycles. The molecule has 11 heteroatoms. The zero-order valence-corrected chi connectivity index (χ0v) is 19.9. The van der Waals surface area contributed by atoms with E-state index in [2.05, 4.69) is 19.2 Å². The number of likely N-dealkylation sites (tertiary alicyclic amines) is 1. The molecule has 0 aromatic heterocycles. The molecular weight excluding hydrogens is 436 g/mol. The standard InChI is InChI=1S/C11H23NO4.C6H13NO4.C5H10O/c1-2-3-4-5-12-6-9(14)11(16)10(15)8(12)7-13;8-2-3-5(10)6(11)4(9)1-7-3;1-2-3-4-5-6/h8-11,13-16H,2-7H2,1H3;3-11H,1-2H2;5H,2-4H2,1H3/t8-,9+,10-,11-;3-,4+,5-,6-;/m11./s1. The fourth-order valence-electron chi connectivity index (χ4n) is 3.64. The lowest BCUT2D eigenvalue weighted by molar-refractivity contribution is -0.145. The van der Waals surface area contributed by atoms with Gasteiger partial charge in [-0.2, -0.15) is 0 Å². The van der Waals surface area contributed by atoms with Crippen LogP contribution in [0.15, 0.2) is 0 Å². The number of aliphatic hydroxyl groups is 8. The fourth-order valence-corrected chi connectivity index (χ4v) is 3.64. The highest BCUT2D eigenvalue weighted by molar-refractivity contribution is 5.48. The number of unbranched alkanes of at least 4 members (excludes halogenated alkanes) is 4. The summed E-state index contributed by atoms with van der Waals surface area (Å²) in [5.74, 6) is 0.